The van der Waals surface area contributed by atoms with Crippen molar-refractivity contribution in [3.8, 4) is 11.4 Å². The molecular formula is C25H20F7N7O2. The van der Waals surface area contributed by atoms with Crippen LogP contribution in [0.2, 0.25) is 0 Å². The Morgan fingerprint density at radius 2 is 1.71 bits per heavy atom. The van der Waals surface area contributed by atoms with Crippen molar-refractivity contribution in [2.24, 2.45) is 5.92 Å². The molecule has 0 spiro atoms. The average molecular weight is 583 g/mol. The molecule has 9 nitrogen and oxygen atoms in total. The van der Waals surface area contributed by atoms with Crippen LogP contribution in [-0.2, 0) is 18.9 Å². The molecule has 0 radical (unpaired) electrons. The van der Waals surface area contributed by atoms with Crippen LogP contribution in [0, 0.1) is 11.7 Å². The molecule has 1 aromatic carbocycles. The van der Waals surface area contributed by atoms with Gasteiger partial charge in [-0.1, -0.05) is 0 Å². The standard InChI is InChI=1S/C25H20F7N7O2/c26-16-6-15-18(7-14(16)21-33-8-13(9-34-21)24(27,28)29)35-11-39(23(15)41)5-1-2-17(12-3-4-12)37-19-10-36-38-22(40)20(19)25(30,31)32/h6-12,17H,1-5H2,(H2,37,38,40). The van der Waals surface area contributed by atoms with Crippen molar-refractivity contribution in [1.82, 2.24) is 29.7 Å². The first kappa shape index (κ1) is 28.2. The van der Waals surface area contributed by atoms with Gasteiger partial charge in [0.25, 0.3) is 11.1 Å². The second-order valence-corrected chi connectivity index (χ2v) is 9.60. The Bertz CT molecular complexity index is 1690. The Balaban J connectivity index is 1.32. The summed E-state index contributed by atoms with van der Waals surface area (Å²) in [5, 5.41) is 7.98. The maximum atomic E-state index is 14.9. The molecule has 1 aliphatic rings. The van der Waals surface area contributed by atoms with Crippen LogP contribution in [0.3, 0.4) is 0 Å². The molecular weight excluding hydrogens is 563 g/mol. The fourth-order valence-electron chi connectivity index (χ4n) is 4.52. The number of rotatable bonds is 8. The minimum absolute atomic E-state index is 0.0742. The Morgan fingerprint density at radius 1 is 1.00 bits per heavy atom. The normalized spacial score (nSPS) is 14.8. The molecule has 216 valence electrons. The highest BCUT2D eigenvalue weighted by Gasteiger charge is 2.39. The van der Waals surface area contributed by atoms with Crippen LogP contribution in [0.15, 0.2) is 46.6 Å². The molecule has 2 N–H and O–H groups in total. The number of aryl methyl sites for hydroxylation is 1. The lowest BCUT2D eigenvalue weighted by atomic mass is 10.1. The molecule has 41 heavy (non-hydrogen) atoms. The molecule has 0 saturated heterocycles. The molecule has 1 atom stereocenters. The zero-order valence-electron chi connectivity index (χ0n) is 20.9. The zero-order valence-corrected chi connectivity index (χ0v) is 20.9. The van der Waals surface area contributed by atoms with E-state index in [1.165, 1.54) is 17.0 Å². The number of hydrogen-bond acceptors (Lipinski definition) is 7. The van der Waals surface area contributed by atoms with Gasteiger partial charge in [-0.05, 0) is 43.7 Å². The fraction of sp³-hybridized carbons (Fsp3) is 0.360. The predicted octanol–water partition coefficient (Wildman–Crippen LogP) is 4.78. The third-order valence-electron chi connectivity index (χ3n) is 6.72. The van der Waals surface area contributed by atoms with Crippen LogP contribution in [0.25, 0.3) is 22.3 Å². The van der Waals surface area contributed by atoms with Gasteiger partial charge in [-0.15, -0.1) is 0 Å². The van der Waals surface area contributed by atoms with Gasteiger partial charge in [-0.3, -0.25) is 14.2 Å². The van der Waals surface area contributed by atoms with Gasteiger partial charge in [0.15, 0.2) is 5.82 Å². The quantitative estimate of drug-likeness (QED) is 0.287. The van der Waals surface area contributed by atoms with Crippen molar-refractivity contribution < 1.29 is 30.7 Å². The summed E-state index contributed by atoms with van der Waals surface area (Å²) in [6, 6.07) is 1.66. The van der Waals surface area contributed by atoms with Gasteiger partial charge in [-0.25, -0.2) is 24.4 Å². The van der Waals surface area contributed by atoms with Crippen molar-refractivity contribution in [3.05, 3.63) is 74.7 Å². The van der Waals surface area contributed by atoms with E-state index in [9.17, 15) is 40.3 Å². The zero-order chi connectivity index (χ0) is 29.5. The van der Waals surface area contributed by atoms with E-state index in [2.05, 4.69) is 25.4 Å². The van der Waals surface area contributed by atoms with E-state index in [0.717, 1.165) is 25.1 Å². The first-order valence-corrected chi connectivity index (χ1v) is 12.3. The Morgan fingerprint density at radius 3 is 2.34 bits per heavy atom. The van der Waals surface area contributed by atoms with Crippen molar-refractivity contribution >= 4 is 16.6 Å². The molecule has 3 heterocycles. The van der Waals surface area contributed by atoms with Gasteiger partial charge in [0.2, 0.25) is 0 Å². The van der Waals surface area contributed by atoms with E-state index in [4.69, 9.17) is 0 Å². The van der Waals surface area contributed by atoms with Gasteiger partial charge in [0.05, 0.1) is 40.2 Å². The summed E-state index contributed by atoms with van der Waals surface area (Å²) in [6.07, 6.45) is -4.07. The highest BCUT2D eigenvalue weighted by Crippen LogP contribution is 2.38. The smallest absolute Gasteiger partial charge is 0.380 e. The topological polar surface area (TPSA) is 118 Å². The Labute approximate surface area is 225 Å². The van der Waals surface area contributed by atoms with E-state index in [1.807, 2.05) is 0 Å². The molecule has 1 fully saturated rings. The summed E-state index contributed by atoms with van der Waals surface area (Å²) in [7, 11) is 0. The van der Waals surface area contributed by atoms with Crippen molar-refractivity contribution in [2.75, 3.05) is 5.32 Å². The first-order valence-electron chi connectivity index (χ1n) is 12.3. The van der Waals surface area contributed by atoms with Gasteiger partial charge < -0.3 is 5.32 Å². The minimum Gasteiger partial charge on any atom is -0.380 e. The van der Waals surface area contributed by atoms with Gasteiger partial charge >= 0.3 is 12.4 Å². The number of nitrogens with zero attached hydrogens (tertiary/aromatic N) is 5. The lowest BCUT2D eigenvalue weighted by Crippen LogP contribution is -2.30. The summed E-state index contributed by atoms with van der Waals surface area (Å²) in [4.78, 5) is 36.1. The first-order chi connectivity index (χ1) is 19.3. The molecule has 3 aromatic heterocycles. The van der Waals surface area contributed by atoms with E-state index >= 15 is 0 Å². The maximum absolute atomic E-state index is 14.9. The minimum atomic E-state index is -4.88. The van der Waals surface area contributed by atoms with Crippen LogP contribution < -0.4 is 16.4 Å². The number of hydrogen-bond donors (Lipinski definition) is 2. The Hall–Kier alpha value is -4.37. The number of benzene rings is 1. The number of H-pyrrole nitrogens is 1. The number of alkyl halides is 6. The lowest BCUT2D eigenvalue weighted by Gasteiger charge is -2.21. The number of aromatic nitrogens is 6. The van der Waals surface area contributed by atoms with E-state index < -0.39 is 52.1 Å². The molecule has 1 saturated carbocycles. The molecule has 1 aliphatic carbocycles. The molecule has 0 aliphatic heterocycles. The number of nitrogens with one attached hydrogen (secondary N) is 2. The highest BCUT2D eigenvalue weighted by molar-refractivity contribution is 5.82. The monoisotopic (exact) mass is 583 g/mol. The van der Waals surface area contributed by atoms with E-state index in [0.29, 0.717) is 25.2 Å². The average Bonchev–Trinajstić information content (AvgIpc) is 3.74. The van der Waals surface area contributed by atoms with Crippen LogP contribution in [0.1, 0.15) is 36.8 Å². The van der Waals surface area contributed by atoms with Crippen LogP contribution in [-0.4, -0.2) is 35.8 Å². The summed E-state index contributed by atoms with van der Waals surface area (Å²) < 4.78 is 94.7. The van der Waals surface area contributed by atoms with E-state index in [1.54, 1.807) is 5.10 Å². The second-order valence-electron chi connectivity index (χ2n) is 9.60. The molecule has 0 amide bonds. The molecule has 4 aromatic rings. The third-order valence-corrected chi connectivity index (χ3v) is 6.72. The van der Waals surface area contributed by atoms with Crippen LogP contribution >= 0.6 is 0 Å². The van der Waals surface area contributed by atoms with Crippen molar-refractivity contribution in [3.63, 3.8) is 0 Å². The number of anilines is 1. The van der Waals surface area contributed by atoms with Crippen molar-refractivity contribution in [1.29, 1.82) is 0 Å². The number of fused-ring (bicyclic) bond motifs is 1. The number of aromatic amines is 1. The summed E-state index contributed by atoms with van der Waals surface area (Å²) >= 11 is 0. The van der Waals surface area contributed by atoms with Gasteiger partial charge in [-0.2, -0.15) is 31.4 Å². The van der Waals surface area contributed by atoms with E-state index in [-0.39, 0.29) is 34.8 Å². The van der Waals surface area contributed by atoms with Crippen molar-refractivity contribution in [2.45, 2.75) is 50.6 Å². The molecule has 0 bridgehead atoms. The van der Waals surface area contributed by atoms with Gasteiger partial charge in [0, 0.05) is 25.0 Å². The SMILES string of the molecule is O=c1[nH]ncc(NC(CCCn2cnc3cc(-c4ncc(C(F)(F)F)cn4)c(F)cc3c2=O)C2CC2)c1C(F)(F)F. The maximum Gasteiger partial charge on any atom is 0.423 e. The summed E-state index contributed by atoms with van der Waals surface area (Å²) in [6.45, 7) is 0.123. The van der Waals surface area contributed by atoms with Gasteiger partial charge in [0.1, 0.15) is 11.4 Å². The van der Waals surface area contributed by atoms with Crippen LogP contribution in [0.4, 0.5) is 36.4 Å². The molecule has 16 heteroatoms. The fourth-order valence-corrected chi connectivity index (χ4v) is 4.52. The van der Waals surface area contributed by atoms with Crippen LogP contribution in [0.5, 0.6) is 0 Å². The lowest BCUT2D eigenvalue weighted by molar-refractivity contribution is -0.139. The second kappa shape index (κ2) is 10.6. The largest absolute Gasteiger partial charge is 0.423 e. The molecule has 5 rings (SSSR count). The number of halogens is 7. The molecule has 1 unspecified atom stereocenters. The highest BCUT2D eigenvalue weighted by atomic mass is 19.4. The predicted molar refractivity (Wildman–Crippen MR) is 131 cm³/mol. The Kier molecular flexibility index (Phi) is 7.25. The summed E-state index contributed by atoms with van der Waals surface area (Å²) in [5.41, 5.74) is -4.99. The third kappa shape index (κ3) is 6.05. The summed E-state index contributed by atoms with van der Waals surface area (Å²) in [5.74, 6) is -1.16.